The number of amides is 1. The highest BCUT2D eigenvalue weighted by atomic mass is 16.5. The molecule has 0 spiro atoms. The van der Waals surface area contributed by atoms with Gasteiger partial charge in [-0.2, -0.15) is 0 Å². The van der Waals surface area contributed by atoms with Crippen LogP contribution in [0.25, 0.3) is 0 Å². The van der Waals surface area contributed by atoms with E-state index in [0.29, 0.717) is 19.4 Å². The molecule has 0 radical (unpaired) electrons. The molecule has 398 valence electrons. The zero-order valence-electron chi connectivity index (χ0n) is 45.3. The van der Waals surface area contributed by atoms with Gasteiger partial charge in [0.1, 0.15) is 0 Å². The van der Waals surface area contributed by atoms with Crippen LogP contribution in [-0.4, -0.2) is 47.4 Å². The molecule has 2 unspecified atom stereocenters. The number of rotatable bonds is 55. The monoisotopic (exact) mass is 954 g/mol. The Hall–Kier alpha value is -2.18. The fourth-order valence-electron chi connectivity index (χ4n) is 8.95. The molecule has 0 saturated heterocycles. The molecule has 68 heavy (non-hydrogen) atoms. The van der Waals surface area contributed by atoms with Gasteiger partial charge >= 0.3 is 5.97 Å². The van der Waals surface area contributed by atoms with Crippen LogP contribution in [0.1, 0.15) is 309 Å². The topological polar surface area (TPSA) is 95.9 Å². The molecule has 6 nitrogen and oxygen atoms in total. The SMILES string of the molecule is CCCCCC/C=C\C/C=C\CCCCCCCC(=O)OCCCC/C=C\CCCCCCC(=O)NC(CO)C(O)/C=C/CCCCCCCCCCCCCCCCCCCCCCCCC. The van der Waals surface area contributed by atoms with Gasteiger partial charge in [-0.05, 0) is 89.9 Å². The summed E-state index contributed by atoms with van der Waals surface area (Å²) >= 11 is 0. The molecule has 0 saturated carbocycles. The van der Waals surface area contributed by atoms with Crippen molar-refractivity contribution in [3.63, 3.8) is 0 Å². The minimum atomic E-state index is -0.870. The van der Waals surface area contributed by atoms with E-state index in [9.17, 15) is 19.8 Å². The molecule has 0 aromatic carbocycles. The fraction of sp³-hybridized carbons (Fsp3) is 0.839. The van der Waals surface area contributed by atoms with E-state index in [4.69, 9.17) is 4.74 Å². The summed E-state index contributed by atoms with van der Waals surface area (Å²) in [6.45, 7) is 4.80. The van der Waals surface area contributed by atoms with Crippen LogP contribution in [0.15, 0.2) is 48.6 Å². The molecule has 0 rings (SSSR count). The Kier molecular flexibility index (Phi) is 55.6. The Morgan fingerprint density at radius 2 is 0.735 bits per heavy atom. The lowest BCUT2D eigenvalue weighted by Gasteiger charge is -2.20. The third-order valence-corrected chi connectivity index (χ3v) is 13.6. The highest BCUT2D eigenvalue weighted by Crippen LogP contribution is 2.17. The van der Waals surface area contributed by atoms with Crippen molar-refractivity contribution in [2.75, 3.05) is 13.2 Å². The van der Waals surface area contributed by atoms with Gasteiger partial charge in [0, 0.05) is 12.8 Å². The maximum absolute atomic E-state index is 12.5. The van der Waals surface area contributed by atoms with Crippen molar-refractivity contribution in [3.8, 4) is 0 Å². The Morgan fingerprint density at radius 3 is 1.15 bits per heavy atom. The van der Waals surface area contributed by atoms with Crippen LogP contribution in [0.3, 0.4) is 0 Å². The number of hydrogen-bond donors (Lipinski definition) is 3. The molecule has 0 aromatic rings. The molecule has 0 aliphatic heterocycles. The van der Waals surface area contributed by atoms with E-state index < -0.39 is 12.1 Å². The lowest BCUT2D eigenvalue weighted by Crippen LogP contribution is -2.45. The van der Waals surface area contributed by atoms with E-state index in [1.54, 1.807) is 6.08 Å². The summed E-state index contributed by atoms with van der Waals surface area (Å²) in [5.74, 6) is -0.155. The van der Waals surface area contributed by atoms with Crippen molar-refractivity contribution in [1.82, 2.24) is 5.32 Å². The summed E-state index contributed by atoms with van der Waals surface area (Å²) in [6.07, 6.45) is 72.9. The molecule has 0 fully saturated rings. The van der Waals surface area contributed by atoms with Crippen molar-refractivity contribution >= 4 is 11.9 Å². The third kappa shape index (κ3) is 53.2. The number of hydrogen-bond acceptors (Lipinski definition) is 5. The summed E-state index contributed by atoms with van der Waals surface area (Å²) in [5, 5.41) is 23.2. The summed E-state index contributed by atoms with van der Waals surface area (Å²) in [5.41, 5.74) is 0. The lowest BCUT2D eigenvalue weighted by atomic mass is 10.0. The molecule has 0 heterocycles. The number of allylic oxidation sites excluding steroid dienone is 7. The molecule has 1 amide bonds. The first-order chi connectivity index (χ1) is 33.5. The van der Waals surface area contributed by atoms with Gasteiger partial charge in [0.15, 0.2) is 0 Å². The second-order valence-corrected chi connectivity index (χ2v) is 20.3. The second kappa shape index (κ2) is 57.4. The van der Waals surface area contributed by atoms with E-state index in [-0.39, 0.29) is 18.5 Å². The minimum absolute atomic E-state index is 0.0517. The fourth-order valence-corrected chi connectivity index (χ4v) is 8.95. The largest absolute Gasteiger partial charge is 0.466 e. The normalized spacial score (nSPS) is 12.9. The summed E-state index contributed by atoms with van der Waals surface area (Å²) in [6, 6.07) is -0.657. The van der Waals surface area contributed by atoms with Crippen molar-refractivity contribution in [1.29, 1.82) is 0 Å². The van der Waals surface area contributed by atoms with Gasteiger partial charge < -0.3 is 20.3 Å². The number of aliphatic hydroxyl groups excluding tert-OH is 2. The first-order valence-corrected chi connectivity index (χ1v) is 29.9. The van der Waals surface area contributed by atoms with Gasteiger partial charge in [-0.15, -0.1) is 0 Å². The molecule has 0 aliphatic carbocycles. The first-order valence-electron chi connectivity index (χ1n) is 29.9. The third-order valence-electron chi connectivity index (χ3n) is 13.6. The minimum Gasteiger partial charge on any atom is -0.466 e. The Morgan fingerprint density at radius 1 is 0.412 bits per heavy atom. The molecular formula is C62H115NO5. The van der Waals surface area contributed by atoms with E-state index in [2.05, 4.69) is 55.6 Å². The maximum atomic E-state index is 12.5. The van der Waals surface area contributed by atoms with Crippen LogP contribution < -0.4 is 5.32 Å². The molecular weight excluding hydrogens is 839 g/mol. The van der Waals surface area contributed by atoms with Gasteiger partial charge in [0.05, 0.1) is 25.4 Å². The summed E-state index contributed by atoms with van der Waals surface area (Å²) in [4.78, 5) is 24.5. The van der Waals surface area contributed by atoms with E-state index in [0.717, 1.165) is 89.9 Å². The number of aliphatic hydroxyl groups is 2. The zero-order valence-corrected chi connectivity index (χ0v) is 45.3. The zero-order chi connectivity index (χ0) is 49.3. The smallest absolute Gasteiger partial charge is 0.305 e. The van der Waals surface area contributed by atoms with Crippen LogP contribution in [0, 0.1) is 0 Å². The number of nitrogens with one attached hydrogen (secondary N) is 1. The van der Waals surface area contributed by atoms with E-state index >= 15 is 0 Å². The first kappa shape index (κ1) is 65.8. The van der Waals surface area contributed by atoms with Gasteiger partial charge in [0.25, 0.3) is 0 Å². The maximum Gasteiger partial charge on any atom is 0.305 e. The second-order valence-electron chi connectivity index (χ2n) is 20.3. The van der Waals surface area contributed by atoms with Gasteiger partial charge in [-0.3, -0.25) is 9.59 Å². The summed E-state index contributed by atoms with van der Waals surface area (Å²) < 4.78 is 5.44. The van der Waals surface area contributed by atoms with E-state index in [1.807, 2.05) is 6.08 Å². The quantitative estimate of drug-likeness (QED) is 0.0321. The number of carbonyl (C=O) groups is 2. The Labute approximate surface area is 423 Å². The van der Waals surface area contributed by atoms with Crippen LogP contribution >= 0.6 is 0 Å². The Bertz CT molecular complexity index is 1150. The number of unbranched alkanes of at least 4 members (excludes halogenated alkanes) is 38. The van der Waals surface area contributed by atoms with E-state index in [1.165, 1.54) is 193 Å². The highest BCUT2D eigenvalue weighted by Gasteiger charge is 2.18. The van der Waals surface area contributed by atoms with Gasteiger partial charge in [-0.25, -0.2) is 0 Å². The van der Waals surface area contributed by atoms with Crippen molar-refractivity contribution < 1.29 is 24.5 Å². The Balaban J connectivity index is 3.55. The van der Waals surface area contributed by atoms with Crippen LogP contribution in [-0.2, 0) is 14.3 Å². The van der Waals surface area contributed by atoms with Crippen molar-refractivity contribution in [2.45, 2.75) is 321 Å². The molecule has 0 aliphatic rings. The number of esters is 1. The molecule has 0 aromatic heterocycles. The van der Waals surface area contributed by atoms with Crippen LogP contribution in [0.5, 0.6) is 0 Å². The predicted molar refractivity (Wildman–Crippen MR) is 296 cm³/mol. The molecule has 6 heteroatoms. The summed E-state index contributed by atoms with van der Waals surface area (Å²) in [7, 11) is 0. The number of ether oxygens (including phenoxy) is 1. The van der Waals surface area contributed by atoms with Crippen molar-refractivity contribution in [2.24, 2.45) is 0 Å². The predicted octanol–water partition coefficient (Wildman–Crippen LogP) is 18.6. The lowest BCUT2D eigenvalue weighted by molar-refractivity contribution is -0.143. The highest BCUT2D eigenvalue weighted by molar-refractivity contribution is 5.76. The van der Waals surface area contributed by atoms with Crippen molar-refractivity contribution in [3.05, 3.63) is 48.6 Å². The molecule has 3 N–H and O–H groups in total. The molecule has 2 atom stereocenters. The van der Waals surface area contributed by atoms with Crippen LogP contribution in [0.4, 0.5) is 0 Å². The molecule has 0 bridgehead atoms. The van der Waals surface area contributed by atoms with Gasteiger partial charge in [-0.1, -0.05) is 255 Å². The average molecular weight is 955 g/mol. The van der Waals surface area contributed by atoms with Crippen LogP contribution in [0.2, 0.25) is 0 Å². The number of carbonyl (C=O) groups excluding carboxylic acids is 2. The van der Waals surface area contributed by atoms with Gasteiger partial charge in [0.2, 0.25) is 5.91 Å². The standard InChI is InChI=1S/C62H115NO5/c1-3-5-7-9-11-13-15-17-19-21-22-23-24-25-26-27-28-29-30-32-34-38-42-46-50-54-60(65)59(58-64)63-61(66)55-51-47-43-39-36-37-41-45-49-53-57-68-62(67)56-52-48-44-40-35-33-31-20-18-16-14-12-10-8-6-4-2/h14,16,20,31,37,41,50,54,59-60,64-65H,3-13,15,17-19,21-30,32-36,38-40,42-49,51-53,55-58H2,1-2H3,(H,63,66)/b16-14-,31-20-,41-37-,54-50+. The average Bonchev–Trinajstić information content (AvgIpc) is 3.34.